The van der Waals surface area contributed by atoms with Gasteiger partial charge in [-0.2, -0.15) is 15.3 Å². The van der Waals surface area contributed by atoms with E-state index in [1.165, 1.54) is 12.4 Å². The Labute approximate surface area is 214 Å². The first-order chi connectivity index (χ1) is 18.0. The monoisotopic (exact) mass is 499 g/mol. The van der Waals surface area contributed by atoms with Gasteiger partial charge >= 0.3 is 0 Å². The van der Waals surface area contributed by atoms with E-state index in [9.17, 15) is 15.2 Å². The van der Waals surface area contributed by atoms with Gasteiger partial charge in [0, 0.05) is 18.0 Å². The number of benzene rings is 2. The normalized spacial score (nSPS) is 17.7. The van der Waals surface area contributed by atoms with E-state index in [1.54, 1.807) is 39.4 Å². The van der Waals surface area contributed by atoms with Crippen molar-refractivity contribution in [2.24, 2.45) is 0 Å². The summed E-state index contributed by atoms with van der Waals surface area (Å²) in [5.41, 5.74) is 3.32. The average molecular weight is 500 g/mol. The van der Waals surface area contributed by atoms with Crippen LogP contribution in [0.5, 0.6) is 0 Å². The van der Waals surface area contributed by atoms with Gasteiger partial charge in [-0.3, -0.25) is 9.36 Å². The van der Waals surface area contributed by atoms with Crippen molar-refractivity contribution in [3.05, 3.63) is 87.3 Å². The fourth-order valence-electron chi connectivity index (χ4n) is 5.38. The number of nitrogens with zero attached hydrogens (tertiary/aromatic N) is 5. The molecule has 1 saturated carbocycles. The molecule has 190 valence electrons. The van der Waals surface area contributed by atoms with Crippen LogP contribution in [0.4, 0.5) is 4.39 Å². The van der Waals surface area contributed by atoms with E-state index in [0.717, 1.165) is 18.5 Å². The maximum Gasteiger partial charge on any atom is 0.259 e. The number of aliphatic hydroxyl groups excluding tert-OH is 1. The van der Waals surface area contributed by atoms with Gasteiger partial charge in [-0.15, -0.1) is 0 Å². The van der Waals surface area contributed by atoms with E-state index in [4.69, 9.17) is 0 Å². The number of hydrogen-bond donors (Lipinski definition) is 1. The van der Waals surface area contributed by atoms with Gasteiger partial charge in [0.2, 0.25) is 5.78 Å². The molecular weight excluding hydrogens is 469 g/mol. The van der Waals surface area contributed by atoms with Crippen molar-refractivity contribution in [2.75, 3.05) is 0 Å². The van der Waals surface area contributed by atoms with E-state index in [1.807, 2.05) is 6.07 Å². The summed E-state index contributed by atoms with van der Waals surface area (Å²) in [6, 6.07) is 14.1. The number of rotatable bonds is 7. The molecule has 2 aromatic carbocycles. The van der Waals surface area contributed by atoms with Crippen LogP contribution < -0.4 is 5.56 Å². The molecule has 2 heterocycles. The van der Waals surface area contributed by atoms with E-state index in [0.29, 0.717) is 65.7 Å². The zero-order valence-corrected chi connectivity index (χ0v) is 20.9. The smallest absolute Gasteiger partial charge is 0.259 e. The van der Waals surface area contributed by atoms with Crippen molar-refractivity contribution in [2.45, 2.75) is 70.4 Å². The summed E-state index contributed by atoms with van der Waals surface area (Å²) in [5, 5.41) is 23.9. The summed E-state index contributed by atoms with van der Waals surface area (Å²) in [7, 11) is 0. The molecule has 0 radical (unpaired) electrons. The molecule has 1 aliphatic rings. The number of hydrogen-bond acceptors (Lipinski definition) is 5. The van der Waals surface area contributed by atoms with Crippen LogP contribution in [0.1, 0.15) is 73.9 Å². The van der Waals surface area contributed by atoms with Crippen LogP contribution in [0.15, 0.2) is 53.6 Å². The largest absolute Gasteiger partial charge is 0.393 e. The van der Waals surface area contributed by atoms with E-state index < -0.39 is 5.82 Å². The lowest BCUT2D eigenvalue weighted by Gasteiger charge is -2.28. The molecule has 0 unspecified atom stereocenters. The van der Waals surface area contributed by atoms with Crippen molar-refractivity contribution in [1.82, 2.24) is 19.2 Å². The highest BCUT2D eigenvalue weighted by molar-refractivity contribution is 5.70. The van der Waals surface area contributed by atoms with Crippen LogP contribution in [0, 0.1) is 17.1 Å². The molecule has 0 bridgehead atoms. The summed E-state index contributed by atoms with van der Waals surface area (Å²) in [5.74, 6) is 0.0854. The van der Waals surface area contributed by atoms with E-state index in [2.05, 4.69) is 23.1 Å². The Morgan fingerprint density at radius 1 is 1.16 bits per heavy atom. The Morgan fingerprint density at radius 2 is 1.95 bits per heavy atom. The molecule has 0 aliphatic heterocycles. The molecule has 0 atom stereocenters. The van der Waals surface area contributed by atoms with Gasteiger partial charge in [-0.25, -0.2) is 8.91 Å². The fourth-order valence-corrected chi connectivity index (χ4v) is 5.38. The molecule has 37 heavy (non-hydrogen) atoms. The number of unbranched alkanes of at least 4 members (excludes halogenated alkanes) is 1. The molecule has 2 aromatic heterocycles. The SMILES string of the molecule is CCCCc1c(Cc2ccc(-c3ccccc3C#N)cc2F)c(=O)n(C2CCC(O)CC2)c2ncnn12. The Hall–Kier alpha value is -3.83. The minimum Gasteiger partial charge on any atom is -0.393 e. The molecule has 1 N–H and O–H groups in total. The van der Waals surface area contributed by atoms with Gasteiger partial charge in [-0.05, 0) is 67.3 Å². The van der Waals surface area contributed by atoms with Crippen LogP contribution in [0.3, 0.4) is 0 Å². The number of aryl methyl sites for hydroxylation is 1. The highest BCUT2D eigenvalue weighted by atomic mass is 19.1. The molecule has 0 amide bonds. The molecule has 7 nitrogen and oxygen atoms in total. The molecule has 0 saturated heterocycles. The van der Waals surface area contributed by atoms with Crippen molar-refractivity contribution in [3.63, 3.8) is 0 Å². The minimum atomic E-state index is -0.419. The van der Waals surface area contributed by atoms with Crippen LogP contribution in [-0.2, 0) is 12.8 Å². The Bertz CT molecular complexity index is 1530. The van der Waals surface area contributed by atoms with Crippen LogP contribution in [0.25, 0.3) is 16.9 Å². The maximum atomic E-state index is 15.5. The predicted molar refractivity (Wildman–Crippen MR) is 139 cm³/mol. The highest BCUT2D eigenvalue weighted by Crippen LogP contribution is 2.30. The number of nitriles is 1. The number of halogens is 1. The first-order valence-electron chi connectivity index (χ1n) is 12.9. The lowest BCUT2D eigenvalue weighted by atomic mass is 9.92. The van der Waals surface area contributed by atoms with Gasteiger partial charge < -0.3 is 5.11 Å². The molecule has 1 aliphatic carbocycles. The van der Waals surface area contributed by atoms with E-state index in [-0.39, 0.29) is 24.1 Å². The Morgan fingerprint density at radius 3 is 2.68 bits per heavy atom. The topological polar surface area (TPSA) is 96.2 Å². The summed E-state index contributed by atoms with van der Waals surface area (Å²) in [6.45, 7) is 2.09. The Balaban J connectivity index is 1.60. The summed E-state index contributed by atoms with van der Waals surface area (Å²) in [4.78, 5) is 18.4. The molecule has 1 fully saturated rings. The van der Waals surface area contributed by atoms with Crippen molar-refractivity contribution in [3.8, 4) is 17.2 Å². The van der Waals surface area contributed by atoms with Crippen molar-refractivity contribution in [1.29, 1.82) is 5.26 Å². The quantitative estimate of drug-likeness (QED) is 0.387. The lowest BCUT2D eigenvalue weighted by Crippen LogP contribution is -2.34. The van der Waals surface area contributed by atoms with Crippen LogP contribution in [-0.4, -0.2) is 30.4 Å². The maximum absolute atomic E-state index is 15.5. The van der Waals surface area contributed by atoms with Crippen LogP contribution >= 0.6 is 0 Å². The number of fused-ring (bicyclic) bond motifs is 1. The summed E-state index contributed by atoms with van der Waals surface area (Å²) >= 11 is 0. The van der Waals surface area contributed by atoms with Gasteiger partial charge in [-0.1, -0.05) is 43.7 Å². The standard InChI is InChI=1S/C29H30FN5O2/c1-2-3-8-27-25(15-20-10-9-19(16-26(20)30)24-7-5-4-6-21(24)17-31)28(37)34(29-32-18-33-35(27)29)22-11-13-23(36)14-12-22/h4-7,9-10,16,18,22-23,36H,2-3,8,11-15H2,1H3. The summed E-state index contributed by atoms with van der Waals surface area (Å²) < 4.78 is 18.9. The fraction of sp³-hybridized carbons (Fsp3) is 0.379. The second kappa shape index (κ2) is 10.7. The first-order valence-corrected chi connectivity index (χ1v) is 12.9. The zero-order chi connectivity index (χ0) is 25.9. The zero-order valence-electron chi connectivity index (χ0n) is 20.9. The second-order valence-corrected chi connectivity index (χ2v) is 9.78. The van der Waals surface area contributed by atoms with E-state index >= 15 is 4.39 Å². The highest BCUT2D eigenvalue weighted by Gasteiger charge is 2.27. The third-order valence-corrected chi connectivity index (χ3v) is 7.40. The van der Waals surface area contributed by atoms with Gasteiger partial charge in [0.1, 0.15) is 12.1 Å². The lowest BCUT2D eigenvalue weighted by molar-refractivity contribution is 0.110. The molecule has 8 heteroatoms. The third kappa shape index (κ3) is 4.79. The average Bonchev–Trinajstić information content (AvgIpc) is 3.39. The second-order valence-electron chi connectivity index (χ2n) is 9.78. The van der Waals surface area contributed by atoms with Crippen molar-refractivity contribution >= 4 is 5.78 Å². The third-order valence-electron chi connectivity index (χ3n) is 7.40. The molecular formula is C29H30FN5O2. The molecule has 0 spiro atoms. The minimum absolute atomic E-state index is 0.0868. The summed E-state index contributed by atoms with van der Waals surface area (Å²) in [6.07, 6.45) is 6.32. The first kappa shape index (κ1) is 24.8. The molecule has 5 rings (SSSR count). The van der Waals surface area contributed by atoms with Gasteiger partial charge in [0.15, 0.2) is 0 Å². The van der Waals surface area contributed by atoms with Crippen LogP contribution in [0.2, 0.25) is 0 Å². The Kier molecular flexibility index (Phi) is 7.15. The van der Waals surface area contributed by atoms with Gasteiger partial charge in [0.25, 0.3) is 5.56 Å². The van der Waals surface area contributed by atoms with Gasteiger partial charge in [0.05, 0.1) is 23.4 Å². The number of aliphatic hydroxyl groups is 1. The molecule has 4 aromatic rings. The van der Waals surface area contributed by atoms with Crippen molar-refractivity contribution < 1.29 is 9.50 Å². The number of aromatic nitrogens is 4. The predicted octanol–water partition coefficient (Wildman–Crippen LogP) is 4.98.